The minimum Gasteiger partial charge on any atom is -0.478 e. The van der Waals surface area contributed by atoms with Gasteiger partial charge in [-0.15, -0.1) is 0 Å². The highest BCUT2D eigenvalue weighted by Gasteiger charge is 2.20. The van der Waals surface area contributed by atoms with E-state index in [1.165, 1.54) is 23.9 Å². The van der Waals surface area contributed by atoms with Crippen molar-refractivity contribution in [3.8, 4) is 0 Å². The van der Waals surface area contributed by atoms with Gasteiger partial charge in [0.15, 0.2) is 0 Å². The molecule has 2 rings (SSSR count). The van der Waals surface area contributed by atoms with Crippen molar-refractivity contribution in [3.63, 3.8) is 0 Å². The van der Waals surface area contributed by atoms with Gasteiger partial charge in [-0.2, -0.15) is 0 Å². The van der Waals surface area contributed by atoms with E-state index in [1.54, 1.807) is 12.1 Å². The molecule has 5 nitrogen and oxygen atoms in total. The molecule has 0 radical (unpaired) electrons. The maximum absolute atomic E-state index is 11.5. The number of benzene rings is 2. The summed E-state index contributed by atoms with van der Waals surface area (Å²) in [5, 5.41) is 20.3. The highest BCUT2D eigenvalue weighted by Crippen LogP contribution is 2.40. The van der Waals surface area contributed by atoms with E-state index in [0.717, 1.165) is 16.5 Å². The van der Waals surface area contributed by atoms with Crippen LogP contribution in [0.5, 0.6) is 0 Å². The van der Waals surface area contributed by atoms with Crippen molar-refractivity contribution in [2.24, 2.45) is 0 Å². The molecule has 1 N–H and O–H groups in total. The van der Waals surface area contributed by atoms with Crippen molar-refractivity contribution in [2.45, 2.75) is 29.6 Å². The van der Waals surface area contributed by atoms with Gasteiger partial charge in [0.1, 0.15) is 0 Å². The molecule has 24 heavy (non-hydrogen) atoms. The predicted molar refractivity (Wildman–Crippen MR) is 94.4 cm³/mol. The number of carboxylic acids is 1. The Hall–Kier alpha value is -2.60. The van der Waals surface area contributed by atoms with Crippen molar-refractivity contribution in [1.29, 1.82) is 0 Å². The lowest BCUT2D eigenvalue weighted by Gasteiger charge is -2.12. The first-order valence-corrected chi connectivity index (χ1v) is 8.17. The van der Waals surface area contributed by atoms with E-state index < -0.39 is 10.9 Å². The molecule has 0 amide bonds. The van der Waals surface area contributed by atoms with Crippen molar-refractivity contribution in [3.05, 3.63) is 69.8 Å². The van der Waals surface area contributed by atoms with Crippen molar-refractivity contribution < 1.29 is 14.8 Å². The van der Waals surface area contributed by atoms with Crippen molar-refractivity contribution >= 4 is 29.5 Å². The summed E-state index contributed by atoms with van der Waals surface area (Å²) >= 11 is 1.32. The van der Waals surface area contributed by atoms with Crippen molar-refractivity contribution in [1.82, 2.24) is 0 Å². The van der Waals surface area contributed by atoms with Gasteiger partial charge in [0.2, 0.25) is 0 Å². The lowest BCUT2D eigenvalue weighted by Crippen LogP contribution is -1.96. The first-order valence-electron chi connectivity index (χ1n) is 7.35. The Balaban J connectivity index is 2.50. The van der Waals surface area contributed by atoms with E-state index in [1.807, 2.05) is 24.3 Å². The normalized spacial score (nSPS) is 11.1. The molecular formula is C18H17NO4S. The summed E-state index contributed by atoms with van der Waals surface area (Å²) in [5.41, 5.74) is 1.30. The summed E-state index contributed by atoms with van der Waals surface area (Å²) < 4.78 is 0. The minimum absolute atomic E-state index is 0.0847. The highest BCUT2D eigenvalue weighted by molar-refractivity contribution is 7.99. The summed E-state index contributed by atoms with van der Waals surface area (Å²) in [6, 6.07) is 12.7. The van der Waals surface area contributed by atoms with E-state index >= 15 is 0 Å². The van der Waals surface area contributed by atoms with E-state index in [2.05, 4.69) is 13.8 Å². The van der Waals surface area contributed by atoms with Gasteiger partial charge in [-0.05, 0) is 35.8 Å². The SMILES string of the molecule is CC(C)c1ccccc1Sc1cccc(C=CC(=O)O)c1[N+](=O)[O-]. The molecule has 0 spiro atoms. The van der Waals surface area contributed by atoms with E-state index in [9.17, 15) is 14.9 Å². The van der Waals surface area contributed by atoms with Gasteiger partial charge >= 0.3 is 5.97 Å². The molecule has 0 aliphatic heterocycles. The third-order valence-corrected chi connectivity index (χ3v) is 4.52. The Morgan fingerprint density at radius 2 is 1.83 bits per heavy atom. The molecule has 0 aliphatic carbocycles. The molecule has 0 aromatic heterocycles. The summed E-state index contributed by atoms with van der Waals surface area (Å²) in [7, 11) is 0. The third-order valence-electron chi connectivity index (χ3n) is 3.38. The maximum atomic E-state index is 11.5. The number of carbonyl (C=O) groups is 1. The van der Waals surface area contributed by atoms with Crippen LogP contribution in [0.3, 0.4) is 0 Å². The van der Waals surface area contributed by atoms with Crippen LogP contribution in [0.1, 0.15) is 30.9 Å². The van der Waals surface area contributed by atoms with E-state index in [0.29, 0.717) is 10.8 Å². The smallest absolute Gasteiger partial charge is 0.328 e. The second kappa shape index (κ2) is 7.79. The fraction of sp³-hybridized carbons (Fsp3) is 0.167. The zero-order valence-electron chi connectivity index (χ0n) is 13.3. The van der Waals surface area contributed by atoms with Crippen molar-refractivity contribution in [2.75, 3.05) is 0 Å². The number of hydrogen-bond donors (Lipinski definition) is 1. The van der Waals surface area contributed by atoms with Gasteiger partial charge in [-0.1, -0.05) is 49.9 Å². The molecular weight excluding hydrogens is 326 g/mol. The average molecular weight is 343 g/mol. The van der Waals surface area contributed by atoms with Crippen LogP contribution < -0.4 is 0 Å². The molecule has 0 atom stereocenters. The van der Waals surface area contributed by atoms with E-state index in [-0.39, 0.29) is 11.3 Å². The molecule has 0 saturated heterocycles. The fourth-order valence-electron chi connectivity index (χ4n) is 2.28. The number of para-hydroxylation sites is 1. The molecule has 0 aliphatic rings. The second-order valence-electron chi connectivity index (χ2n) is 5.42. The number of rotatable bonds is 6. The number of nitro groups is 1. The maximum Gasteiger partial charge on any atom is 0.328 e. The van der Waals surface area contributed by atoms with Crippen LogP contribution in [0.2, 0.25) is 0 Å². The van der Waals surface area contributed by atoms with Gasteiger partial charge in [0.05, 0.1) is 15.4 Å². The topological polar surface area (TPSA) is 80.4 Å². The Bertz CT molecular complexity index is 799. The summed E-state index contributed by atoms with van der Waals surface area (Å²) in [5.74, 6) is -0.852. The van der Waals surface area contributed by atoms with Gasteiger partial charge in [0, 0.05) is 11.0 Å². The van der Waals surface area contributed by atoms with E-state index in [4.69, 9.17) is 5.11 Å². The molecule has 0 saturated carbocycles. The largest absolute Gasteiger partial charge is 0.478 e. The van der Waals surface area contributed by atoms with Gasteiger partial charge in [0.25, 0.3) is 5.69 Å². The van der Waals surface area contributed by atoms with Crippen LogP contribution in [-0.4, -0.2) is 16.0 Å². The van der Waals surface area contributed by atoms with Gasteiger partial charge in [-0.25, -0.2) is 4.79 Å². The van der Waals surface area contributed by atoms with Crippen LogP contribution in [0, 0.1) is 10.1 Å². The van der Waals surface area contributed by atoms with Crippen LogP contribution in [0.25, 0.3) is 6.08 Å². The number of nitro benzene ring substituents is 1. The van der Waals surface area contributed by atoms with Crippen LogP contribution in [-0.2, 0) is 4.79 Å². The molecule has 6 heteroatoms. The van der Waals surface area contributed by atoms with Gasteiger partial charge in [-0.3, -0.25) is 10.1 Å². The zero-order chi connectivity index (χ0) is 17.7. The zero-order valence-corrected chi connectivity index (χ0v) is 14.1. The van der Waals surface area contributed by atoms with Crippen LogP contribution >= 0.6 is 11.8 Å². The minimum atomic E-state index is -1.15. The lowest BCUT2D eigenvalue weighted by molar-refractivity contribution is -0.387. The first-order chi connectivity index (χ1) is 11.4. The summed E-state index contributed by atoms with van der Waals surface area (Å²) in [6.07, 6.45) is 2.15. The monoisotopic (exact) mass is 343 g/mol. The Labute approximate surface area is 144 Å². The average Bonchev–Trinajstić information content (AvgIpc) is 2.53. The molecule has 0 bridgehead atoms. The highest BCUT2D eigenvalue weighted by atomic mass is 32.2. The Kier molecular flexibility index (Phi) is 5.76. The number of hydrogen-bond acceptors (Lipinski definition) is 4. The first kappa shape index (κ1) is 17.7. The summed E-state index contributed by atoms with van der Waals surface area (Å²) in [4.78, 5) is 23.2. The lowest BCUT2D eigenvalue weighted by atomic mass is 10.0. The van der Waals surface area contributed by atoms with Crippen LogP contribution in [0.4, 0.5) is 5.69 Å². The summed E-state index contributed by atoms with van der Waals surface area (Å²) in [6.45, 7) is 4.14. The Morgan fingerprint density at radius 1 is 1.17 bits per heavy atom. The molecule has 2 aromatic carbocycles. The quantitative estimate of drug-likeness (QED) is 0.455. The number of aliphatic carboxylic acids is 1. The standard InChI is InChI=1S/C18H17NO4S/c1-12(2)14-7-3-4-8-15(14)24-16-9-5-6-13(10-11-17(20)21)18(16)19(22)23/h3-12H,1-2H3,(H,20,21). The number of nitrogens with zero attached hydrogens (tertiary/aromatic N) is 1. The van der Waals surface area contributed by atoms with Gasteiger partial charge < -0.3 is 5.11 Å². The number of carboxylic acid groups (broad SMARTS) is 1. The molecule has 124 valence electrons. The molecule has 2 aromatic rings. The predicted octanol–water partition coefficient (Wildman–Crippen LogP) is 4.97. The third kappa shape index (κ3) is 4.23. The molecule has 0 unspecified atom stereocenters. The Morgan fingerprint density at radius 3 is 2.46 bits per heavy atom. The fourth-order valence-corrected chi connectivity index (χ4v) is 3.52. The van der Waals surface area contributed by atoms with Crippen LogP contribution in [0.15, 0.2) is 58.3 Å². The molecule has 0 heterocycles. The molecule has 0 fully saturated rings. The second-order valence-corrected chi connectivity index (χ2v) is 6.50.